The molecule has 2 aromatic carbocycles. The van der Waals surface area contributed by atoms with Gasteiger partial charge in [0.05, 0.1) is 31.5 Å². The van der Waals surface area contributed by atoms with Gasteiger partial charge < -0.3 is 0 Å². The molecule has 8 rings (SSSR count). The Hall–Kier alpha value is -1.12. The highest BCUT2D eigenvalue weighted by Gasteiger charge is 2.81. The van der Waals surface area contributed by atoms with Crippen molar-refractivity contribution in [3.8, 4) is 11.4 Å². The highest BCUT2D eigenvalue weighted by atomic mass is 35.5. The zero-order valence-electron chi connectivity index (χ0n) is 23.2. The highest BCUT2D eigenvalue weighted by molar-refractivity contribution is 6.64. The molecule has 0 saturated carbocycles. The van der Waals surface area contributed by atoms with E-state index in [0.717, 1.165) is 39.0 Å². The number of nitrogens with zero attached hydrogens (tertiary/aromatic N) is 6. The Morgan fingerprint density at radius 2 is 0.633 bits per heavy atom. The summed E-state index contributed by atoms with van der Waals surface area (Å²) < 4.78 is 0.472. The Morgan fingerprint density at radius 1 is 0.408 bits per heavy atom. The molecule has 49 heavy (non-hydrogen) atoms. The van der Waals surface area contributed by atoms with Gasteiger partial charge in [0, 0.05) is 0 Å². The van der Waals surface area contributed by atoms with Crippen molar-refractivity contribution in [1.29, 1.82) is 0 Å². The maximum Gasteiger partial charge on any atom is 0.354 e. The molecule has 2 aliphatic carbocycles. The molecule has 22 heteroatoms. The van der Waals surface area contributed by atoms with E-state index in [1.54, 1.807) is 24.3 Å². The minimum atomic E-state index is -2.17. The van der Waals surface area contributed by atoms with E-state index in [-0.39, 0.29) is 31.5 Å². The summed E-state index contributed by atoms with van der Waals surface area (Å²) in [4.78, 5) is 45.6. The van der Waals surface area contributed by atoms with E-state index >= 15 is 0 Å². The van der Waals surface area contributed by atoms with Gasteiger partial charge >= 0.3 is 22.8 Å². The van der Waals surface area contributed by atoms with E-state index in [0.29, 0.717) is 6.42 Å². The van der Waals surface area contributed by atoms with Gasteiger partial charge in [-0.05, 0) is 41.8 Å². The van der Waals surface area contributed by atoms with Gasteiger partial charge in [0.15, 0.2) is 0 Å². The summed E-state index contributed by atoms with van der Waals surface area (Å²) in [5, 5.41) is -1.15. The second-order valence-corrected chi connectivity index (χ2v) is 17.8. The fourth-order valence-electron chi connectivity index (χ4n) is 6.64. The number of aromatic nitrogens is 6. The molecule has 2 aromatic heterocycles. The van der Waals surface area contributed by atoms with Gasteiger partial charge in [-0.1, -0.05) is 163 Å². The summed E-state index contributed by atoms with van der Waals surface area (Å²) >= 11 is 77.9. The van der Waals surface area contributed by atoms with Gasteiger partial charge in [0.25, 0.3) is 0 Å². The van der Waals surface area contributed by atoms with Crippen molar-refractivity contribution in [3.05, 3.63) is 122 Å². The van der Waals surface area contributed by atoms with E-state index in [1.165, 1.54) is 24.3 Å². The second kappa shape index (κ2) is 10.3. The van der Waals surface area contributed by atoms with Gasteiger partial charge in [-0.15, -0.1) is 0 Å². The topological polar surface area (TPSA) is 97.9 Å². The molecular formula is C27H10Cl12N6O4. The van der Waals surface area contributed by atoms with Crippen LogP contribution in [0.4, 0.5) is 0 Å². The highest BCUT2D eigenvalue weighted by Crippen LogP contribution is 2.72. The average Bonchev–Trinajstić information content (AvgIpc) is 3.64. The monoisotopic (exact) mass is 902 g/mol. The van der Waals surface area contributed by atoms with Crippen LogP contribution in [0.15, 0.2) is 87.8 Å². The lowest BCUT2D eigenvalue weighted by atomic mass is 10.0. The third-order valence-electron chi connectivity index (χ3n) is 9.07. The summed E-state index contributed by atoms with van der Waals surface area (Å²) in [7, 11) is 0. The lowest BCUT2D eigenvalue weighted by Crippen LogP contribution is -2.47. The van der Waals surface area contributed by atoms with Crippen molar-refractivity contribution in [2.45, 2.75) is 35.1 Å². The number of fused-ring (bicyclic) bond motifs is 10. The Kier molecular flexibility index (Phi) is 7.34. The van der Waals surface area contributed by atoms with Crippen molar-refractivity contribution < 1.29 is 0 Å². The molecule has 10 nitrogen and oxygen atoms in total. The smallest absolute Gasteiger partial charge is 0.245 e. The van der Waals surface area contributed by atoms with E-state index in [9.17, 15) is 19.2 Å². The zero-order valence-corrected chi connectivity index (χ0v) is 32.2. The lowest BCUT2D eigenvalue weighted by Gasteiger charge is -2.29. The average molecular weight is 908 g/mol. The van der Waals surface area contributed by atoms with Crippen molar-refractivity contribution in [3.63, 3.8) is 0 Å². The van der Waals surface area contributed by atoms with Crippen LogP contribution in [-0.2, 0) is 26.4 Å². The van der Waals surface area contributed by atoms with Gasteiger partial charge in [0.1, 0.15) is 0 Å². The maximum absolute atomic E-state index is 13.5. The number of allylic oxidation sites excluding steroid dienone is 4. The molecule has 0 fully saturated rings. The fourth-order valence-corrected chi connectivity index (χ4v) is 11.7. The SMILES string of the molecule is O=c1n(-c2ccc(Cc3ccc(-n4c(=O)n5n(c4=O)[C@@]4(Cl)C(Cl)=C(Cl)[C@]5(Cl)C4(Cl)Cl)cc3)cc2)c(=O)n2n1[C@]1(Cl)C(Cl)=C(Cl)[C@@]2(Cl)C1(Cl)Cl. The zero-order chi connectivity index (χ0) is 35.8. The maximum atomic E-state index is 13.5. The predicted octanol–water partition coefficient (Wildman–Crippen LogP) is 6.85. The predicted molar refractivity (Wildman–Crippen MR) is 193 cm³/mol. The van der Waals surface area contributed by atoms with Crippen molar-refractivity contribution in [1.82, 2.24) is 27.9 Å². The van der Waals surface area contributed by atoms with E-state index in [4.69, 9.17) is 139 Å². The third kappa shape index (κ3) is 3.56. The number of benzene rings is 2. The van der Waals surface area contributed by atoms with Crippen LogP contribution in [0.3, 0.4) is 0 Å². The minimum Gasteiger partial charge on any atom is -0.245 e. The Balaban J connectivity index is 1.09. The summed E-state index contributed by atoms with van der Waals surface area (Å²) in [5.74, 6) is 0. The second-order valence-electron chi connectivity index (χ2n) is 11.5. The van der Waals surface area contributed by atoms with Crippen LogP contribution in [0, 0.1) is 0 Å². The molecular weight excluding hydrogens is 898 g/mol. The molecule has 0 unspecified atom stereocenters. The number of rotatable bonds is 4. The molecule has 256 valence electrons. The lowest BCUT2D eigenvalue weighted by molar-refractivity contribution is 0.447. The normalized spacial score (nSPS) is 30.1. The van der Waals surface area contributed by atoms with Crippen LogP contribution >= 0.6 is 139 Å². The minimum absolute atomic E-state index is 0.183. The third-order valence-corrected chi connectivity index (χ3v) is 17.0. The Morgan fingerprint density at radius 3 is 0.857 bits per heavy atom. The van der Waals surface area contributed by atoms with Crippen molar-refractivity contribution >= 4 is 139 Å². The van der Waals surface area contributed by atoms with Crippen LogP contribution in [0.1, 0.15) is 11.1 Å². The van der Waals surface area contributed by atoms with Crippen molar-refractivity contribution in [2.24, 2.45) is 0 Å². The van der Waals surface area contributed by atoms with Crippen LogP contribution in [0.25, 0.3) is 11.4 Å². The van der Waals surface area contributed by atoms with Gasteiger partial charge in [-0.2, -0.15) is 18.7 Å². The number of halogens is 12. The van der Waals surface area contributed by atoms with Crippen molar-refractivity contribution in [2.75, 3.05) is 0 Å². The molecule has 0 spiro atoms. The van der Waals surface area contributed by atoms with Gasteiger partial charge in [-0.3, -0.25) is 0 Å². The standard InChI is InChI=1S/C27H10Cl12N6O4/c28-14-15(29)23(33)26(36,37)22(14,32)42-18(46)40(19(47)43(23)42)12-5-1-10(2-6-12)9-11-3-7-13(8-4-11)41-20(48)44-24(34)16(30)17(31)25(35,27(24,38)39)45(44)21(41)49/h1-8H,9H2/t22-,23+,24-,25+. The molecule has 0 N–H and O–H groups in total. The first-order valence-electron chi connectivity index (χ1n) is 13.5. The van der Waals surface area contributed by atoms with Crippen LogP contribution in [-0.4, -0.2) is 36.5 Å². The van der Waals surface area contributed by atoms with Gasteiger partial charge in [0.2, 0.25) is 28.7 Å². The Labute approximate surface area is 332 Å². The number of hydrogen-bond donors (Lipinski definition) is 0. The first kappa shape index (κ1) is 34.9. The van der Waals surface area contributed by atoms with E-state index < -0.39 is 51.4 Å². The molecule has 4 bridgehead atoms. The first-order chi connectivity index (χ1) is 22.7. The van der Waals surface area contributed by atoms with Crippen LogP contribution in [0.2, 0.25) is 0 Å². The Bertz CT molecular complexity index is 2230. The first-order valence-corrected chi connectivity index (χ1v) is 18.0. The summed E-state index contributed by atoms with van der Waals surface area (Å²) in [6, 6.07) is 12.9. The summed E-state index contributed by atoms with van der Waals surface area (Å²) in [5.41, 5.74) is -1.71. The van der Waals surface area contributed by atoms with Gasteiger partial charge in [-0.25, -0.2) is 28.3 Å². The molecule has 0 saturated heterocycles. The largest absolute Gasteiger partial charge is 0.354 e. The van der Waals surface area contributed by atoms with E-state index in [2.05, 4.69) is 0 Å². The fraction of sp³-hybridized carbons (Fsp3) is 0.259. The molecule has 0 radical (unpaired) electrons. The van der Waals surface area contributed by atoms with E-state index in [1.807, 2.05) is 0 Å². The molecule has 4 aliphatic rings. The molecule has 4 aromatic rings. The number of hydrogen-bond acceptors (Lipinski definition) is 4. The van der Waals surface area contributed by atoms with Crippen LogP contribution < -0.4 is 22.8 Å². The molecule has 4 atom stereocenters. The summed E-state index contributed by atoms with van der Waals surface area (Å²) in [6.07, 6.45) is 0.373. The molecule has 2 aliphatic heterocycles. The van der Waals surface area contributed by atoms with Crippen LogP contribution in [0.5, 0.6) is 0 Å². The molecule has 4 heterocycles. The quantitative estimate of drug-likeness (QED) is 0.210. The molecule has 0 amide bonds. The summed E-state index contributed by atoms with van der Waals surface area (Å²) in [6.45, 7) is 0. The number of alkyl halides is 8.